The van der Waals surface area contributed by atoms with Crippen LogP contribution in [0.2, 0.25) is 0 Å². The maximum absolute atomic E-state index is 10.6. The van der Waals surface area contributed by atoms with Crippen molar-refractivity contribution in [1.29, 1.82) is 0 Å². The minimum absolute atomic E-state index is 0.0316. The molecule has 0 radical (unpaired) electrons. The van der Waals surface area contributed by atoms with E-state index in [0.717, 1.165) is 19.3 Å². The predicted molar refractivity (Wildman–Crippen MR) is 67.0 cm³/mol. The van der Waals surface area contributed by atoms with Crippen LogP contribution in [-0.4, -0.2) is 22.2 Å². The number of aromatic nitrogens is 1. The Kier molecular flexibility index (Phi) is 5.46. The number of hydrogen-bond acceptors (Lipinski definition) is 2. The van der Waals surface area contributed by atoms with Crippen LogP contribution in [0.5, 0.6) is 0 Å². The van der Waals surface area contributed by atoms with Crippen molar-refractivity contribution in [3.8, 4) is 0 Å². The van der Waals surface area contributed by atoms with Gasteiger partial charge in [-0.3, -0.25) is 4.98 Å². The number of nitrogens with one attached hydrogen (secondary N) is 1. The summed E-state index contributed by atoms with van der Waals surface area (Å²) in [6, 6.07) is 4.00. The second-order valence-corrected chi connectivity index (χ2v) is 4.55. The first-order valence-corrected chi connectivity index (χ1v) is 5.98. The third kappa shape index (κ3) is 5.33. The number of pyridine rings is 1. The van der Waals surface area contributed by atoms with Crippen molar-refractivity contribution in [1.82, 2.24) is 10.3 Å². The summed E-state index contributed by atoms with van der Waals surface area (Å²) in [7, 11) is 0. The lowest BCUT2D eigenvalue weighted by Crippen LogP contribution is -2.37. The van der Waals surface area contributed by atoms with E-state index in [1.54, 1.807) is 6.20 Å². The van der Waals surface area contributed by atoms with Crippen molar-refractivity contribution in [3.05, 3.63) is 30.1 Å². The number of carbonyl (C=O) groups is 1. The first-order chi connectivity index (χ1) is 8.09. The van der Waals surface area contributed by atoms with Crippen LogP contribution in [0.1, 0.15) is 32.3 Å². The molecule has 4 nitrogen and oxygen atoms in total. The molecule has 17 heavy (non-hydrogen) atoms. The van der Waals surface area contributed by atoms with Crippen LogP contribution in [0, 0.1) is 5.92 Å². The Bertz CT molecular complexity index is 339. The highest BCUT2D eigenvalue weighted by atomic mass is 16.4. The fourth-order valence-corrected chi connectivity index (χ4v) is 1.80. The molecule has 1 aromatic rings. The Morgan fingerprint density at radius 1 is 1.53 bits per heavy atom. The Balaban J connectivity index is 2.35. The van der Waals surface area contributed by atoms with Crippen molar-refractivity contribution in [2.24, 2.45) is 5.92 Å². The van der Waals surface area contributed by atoms with E-state index in [1.165, 1.54) is 5.56 Å². The number of carboxylic acid groups (broad SMARTS) is 1. The van der Waals surface area contributed by atoms with Gasteiger partial charge in [-0.05, 0) is 36.8 Å². The molecule has 0 bridgehead atoms. The van der Waals surface area contributed by atoms with Gasteiger partial charge in [0.25, 0.3) is 0 Å². The zero-order valence-electron chi connectivity index (χ0n) is 10.4. The summed E-state index contributed by atoms with van der Waals surface area (Å²) in [6.07, 6.45) is 5.44. The molecule has 4 heteroatoms. The quantitative estimate of drug-likeness (QED) is 0.798. The number of aryl methyl sites for hydroxylation is 1. The van der Waals surface area contributed by atoms with Gasteiger partial charge in [0.1, 0.15) is 0 Å². The Labute approximate surface area is 102 Å². The van der Waals surface area contributed by atoms with E-state index < -0.39 is 6.09 Å². The largest absolute Gasteiger partial charge is 0.465 e. The van der Waals surface area contributed by atoms with Gasteiger partial charge in [-0.15, -0.1) is 0 Å². The van der Waals surface area contributed by atoms with E-state index in [-0.39, 0.29) is 6.04 Å². The van der Waals surface area contributed by atoms with E-state index in [9.17, 15) is 4.79 Å². The van der Waals surface area contributed by atoms with E-state index in [1.807, 2.05) is 32.2 Å². The molecule has 0 saturated heterocycles. The summed E-state index contributed by atoms with van der Waals surface area (Å²) < 4.78 is 0. The first-order valence-electron chi connectivity index (χ1n) is 5.98. The van der Waals surface area contributed by atoms with Gasteiger partial charge in [0.05, 0.1) is 0 Å². The summed E-state index contributed by atoms with van der Waals surface area (Å²) in [6.45, 7) is 4.06. The normalized spacial score (nSPS) is 12.4. The van der Waals surface area contributed by atoms with Gasteiger partial charge in [-0.1, -0.05) is 19.9 Å². The molecule has 0 aromatic carbocycles. The monoisotopic (exact) mass is 236 g/mol. The van der Waals surface area contributed by atoms with Crippen LogP contribution in [0.15, 0.2) is 24.5 Å². The predicted octanol–water partition coefficient (Wildman–Crippen LogP) is 2.70. The highest BCUT2D eigenvalue weighted by molar-refractivity contribution is 5.64. The molecular weight excluding hydrogens is 216 g/mol. The molecule has 0 fully saturated rings. The van der Waals surface area contributed by atoms with Crippen LogP contribution >= 0.6 is 0 Å². The van der Waals surface area contributed by atoms with Gasteiger partial charge < -0.3 is 10.4 Å². The molecule has 1 atom stereocenters. The second kappa shape index (κ2) is 6.89. The summed E-state index contributed by atoms with van der Waals surface area (Å²) >= 11 is 0. The van der Waals surface area contributed by atoms with Crippen LogP contribution in [-0.2, 0) is 6.42 Å². The number of hydrogen-bond donors (Lipinski definition) is 2. The summed E-state index contributed by atoms with van der Waals surface area (Å²) in [5.41, 5.74) is 1.20. The Morgan fingerprint density at radius 3 is 2.82 bits per heavy atom. The summed E-state index contributed by atoms with van der Waals surface area (Å²) in [5.74, 6) is 0.319. The van der Waals surface area contributed by atoms with Gasteiger partial charge in [0.15, 0.2) is 0 Å². The van der Waals surface area contributed by atoms with Crippen LogP contribution < -0.4 is 5.32 Å². The van der Waals surface area contributed by atoms with E-state index in [4.69, 9.17) is 5.11 Å². The Hall–Kier alpha value is -1.58. The molecule has 2 N–H and O–H groups in total. The zero-order valence-corrected chi connectivity index (χ0v) is 10.4. The van der Waals surface area contributed by atoms with Crippen LogP contribution in [0.25, 0.3) is 0 Å². The maximum Gasteiger partial charge on any atom is 0.404 e. The SMILES string of the molecule is CC(C)C(CCCc1cccnc1)NC(=O)O. The van der Waals surface area contributed by atoms with E-state index >= 15 is 0 Å². The molecule has 0 aliphatic heterocycles. The second-order valence-electron chi connectivity index (χ2n) is 4.55. The lowest BCUT2D eigenvalue weighted by Gasteiger charge is -2.20. The molecule has 94 valence electrons. The van der Waals surface area contributed by atoms with Gasteiger partial charge in [-0.2, -0.15) is 0 Å². The third-order valence-electron chi connectivity index (χ3n) is 2.82. The van der Waals surface area contributed by atoms with Gasteiger partial charge in [0.2, 0.25) is 0 Å². The lowest BCUT2D eigenvalue weighted by molar-refractivity contribution is 0.184. The highest BCUT2D eigenvalue weighted by Crippen LogP contribution is 2.11. The first kappa shape index (κ1) is 13.5. The van der Waals surface area contributed by atoms with Gasteiger partial charge >= 0.3 is 6.09 Å². The standard InChI is InChI=1S/C13H20N2O2/c1-10(2)12(15-13(16)17)7-3-5-11-6-4-8-14-9-11/h4,6,8-10,12,15H,3,5,7H2,1-2H3,(H,16,17). The van der Waals surface area contributed by atoms with Gasteiger partial charge in [-0.25, -0.2) is 4.79 Å². The Morgan fingerprint density at radius 2 is 2.29 bits per heavy atom. The minimum atomic E-state index is -0.940. The minimum Gasteiger partial charge on any atom is -0.465 e. The lowest BCUT2D eigenvalue weighted by atomic mass is 9.97. The maximum atomic E-state index is 10.6. The summed E-state index contributed by atoms with van der Waals surface area (Å²) in [5, 5.41) is 11.3. The number of rotatable bonds is 6. The van der Waals surface area contributed by atoms with Crippen molar-refractivity contribution < 1.29 is 9.90 Å². The highest BCUT2D eigenvalue weighted by Gasteiger charge is 2.14. The van der Waals surface area contributed by atoms with Crippen molar-refractivity contribution >= 4 is 6.09 Å². The van der Waals surface area contributed by atoms with E-state index in [0.29, 0.717) is 5.92 Å². The molecule has 1 amide bonds. The third-order valence-corrected chi connectivity index (χ3v) is 2.82. The molecule has 0 spiro atoms. The molecule has 0 saturated carbocycles. The smallest absolute Gasteiger partial charge is 0.404 e. The fourth-order valence-electron chi connectivity index (χ4n) is 1.80. The molecule has 1 aromatic heterocycles. The topological polar surface area (TPSA) is 62.2 Å². The van der Waals surface area contributed by atoms with Crippen LogP contribution in [0.3, 0.4) is 0 Å². The van der Waals surface area contributed by atoms with Crippen molar-refractivity contribution in [3.63, 3.8) is 0 Å². The molecular formula is C13H20N2O2. The molecule has 1 rings (SSSR count). The fraction of sp³-hybridized carbons (Fsp3) is 0.538. The molecule has 1 heterocycles. The number of nitrogens with zero attached hydrogens (tertiary/aromatic N) is 1. The van der Waals surface area contributed by atoms with Crippen molar-refractivity contribution in [2.75, 3.05) is 0 Å². The van der Waals surface area contributed by atoms with Crippen molar-refractivity contribution in [2.45, 2.75) is 39.2 Å². The summed E-state index contributed by atoms with van der Waals surface area (Å²) in [4.78, 5) is 14.7. The van der Waals surface area contributed by atoms with E-state index in [2.05, 4.69) is 10.3 Å². The molecule has 1 unspecified atom stereocenters. The number of amides is 1. The molecule has 0 aliphatic carbocycles. The average Bonchev–Trinajstić information content (AvgIpc) is 2.28. The zero-order chi connectivity index (χ0) is 12.7. The van der Waals surface area contributed by atoms with Gasteiger partial charge in [0, 0.05) is 18.4 Å². The average molecular weight is 236 g/mol. The molecule has 0 aliphatic rings. The van der Waals surface area contributed by atoms with Crippen LogP contribution in [0.4, 0.5) is 4.79 Å².